The van der Waals surface area contributed by atoms with Crippen molar-refractivity contribution >= 4 is 0 Å². The van der Waals surface area contributed by atoms with Crippen molar-refractivity contribution in [1.82, 2.24) is 10.3 Å². The lowest BCUT2D eigenvalue weighted by Crippen LogP contribution is -2.46. The molecule has 4 nitrogen and oxygen atoms in total. The summed E-state index contributed by atoms with van der Waals surface area (Å²) in [6.07, 6.45) is 9.49. The molecule has 4 heteroatoms. The number of ether oxygens (including phenoxy) is 1. The van der Waals surface area contributed by atoms with E-state index < -0.39 is 0 Å². The molecule has 0 amide bonds. The second kappa shape index (κ2) is 6.55. The first-order valence-corrected chi connectivity index (χ1v) is 7.76. The number of rotatable bonds is 8. The fourth-order valence-corrected chi connectivity index (χ4v) is 2.90. The number of aromatic nitrogens is 1. The summed E-state index contributed by atoms with van der Waals surface area (Å²) in [7, 11) is 0. The molecule has 1 saturated heterocycles. The molecule has 0 bridgehead atoms. The van der Waals surface area contributed by atoms with Gasteiger partial charge in [0, 0.05) is 18.8 Å². The summed E-state index contributed by atoms with van der Waals surface area (Å²) in [5.74, 6) is 2.46. The summed E-state index contributed by atoms with van der Waals surface area (Å²) in [5, 5.41) is 12.2. The normalized spacial score (nSPS) is 27.9. The van der Waals surface area contributed by atoms with E-state index >= 15 is 0 Å². The van der Waals surface area contributed by atoms with Gasteiger partial charge in [0.15, 0.2) is 0 Å². The van der Waals surface area contributed by atoms with E-state index in [1.165, 1.54) is 24.8 Å². The summed E-state index contributed by atoms with van der Waals surface area (Å²) in [4.78, 5) is 4.27. The average molecular weight is 276 g/mol. The number of nitrogens with one attached hydrogen (secondary N) is 1. The van der Waals surface area contributed by atoms with Crippen LogP contribution in [-0.4, -0.2) is 35.9 Å². The van der Waals surface area contributed by atoms with Gasteiger partial charge in [0.1, 0.15) is 12.4 Å². The molecule has 1 aromatic heterocycles. The van der Waals surface area contributed by atoms with E-state index in [2.05, 4.69) is 16.4 Å². The van der Waals surface area contributed by atoms with E-state index in [4.69, 9.17) is 9.84 Å². The van der Waals surface area contributed by atoms with Crippen molar-refractivity contribution in [2.24, 2.45) is 11.8 Å². The quantitative estimate of drug-likeness (QED) is 0.760. The molecule has 2 aliphatic rings. The zero-order valence-electron chi connectivity index (χ0n) is 11.9. The maximum Gasteiger partial charge on any atom is 0.137 e. The number of pyridine rings is 1. The highest BCUT2D eigenvalue weighted by molar-refractivity contribution is 5.24. The number of aryl methyl sites for hydroxylation is 1. The van der Waals surface area contributed by atoms with E-state index in [0.717, 1.165) is 43.6 Å². The van der Waals surface area contributed by atoms with Crippen LogP contribution in [0.15, 0.2) is 18.5 Å². The number of nitrogens with zero attached hydrogens (tertiary/aromatic N) is 1. The molecule has 3 atom stereocenters. The van der Waals surface area contributed by atoms with Crippen LogP contribution in [0, 0.1) is 11.8 Å². The Morgan fingerprint density at radius 3 is 2.90 bits per heavy atom. The molecule has 0 aromatic carbocycles. The molecule has 0 radical (unpaired) electrons. The van der Waals surface area contributed by atoms with E-state index in [-0.39, 0.29) is 0 Å². The minimum absolute atomic E-state index is 0.335. The zero-order valence-corrected chi connectivity index (χ0v) is 11.9. The Bertz CT molecular complexity index is 434. The van der Waals surface area contributed by atoms with Gasteiger partial charge in [-0.2, -0.15) is 0 Å². The van der Waals surface area contributed by atoms with Crippen LogP contribution in [0.1, 0.15) is 31.2 Å². The molecule has 3 rings (SSSR count). The van der Waals surface area contributed by atoms with Gasteiger partial charge >= 0.3 is 0 Å². The van der Waals surface area contributed by atoms with Crippen LogP contribution in [-0.2, 0) is 6.42 Å². The molecule has 2 fully saturated rings. The van der Waals surface area contributed by atoms with Crippen molar-refractivity contribution in [1.29, 1.82) is 0 Å². The van der Waals surface area contributed by atoms with Crippen LogP contribution < -0.4 is 10.1 Å². The van der Waals surface area contributed by atoms with Gasteiger partial charge in [0.2, 0.25) is 0 Å². The molecule has 0 unspecified atom stereocenters. The highest BCUT2D eigenvalue weighted by Gasteiger charge is 2.35. The van der Waals surface area contributed by atoms with Gasteiger partial charge in [0.05, 0.1) is 6.20 Å². The summed E-state index contributed by atoms with van der Waals surface area (Å²) in [5.41, 5.74) is 1.26. The average Bonchev–Trinajstić information content (AvgIpc) is 3.14. The van der Waals surface area contributed by atoms with Crippen LogP contribution in [0.3, 0.4) is 0 Å². The van der Waals surface area contributed by atoms with Crippen LogP contribution in [0.2, 0.25) is 0 Å². The van der Waals surface area contributed by atoms with Crippen LogP contribution in [0.4, 0.5) is 0 Å². The van der Waals surface area contributed by atoms with Gasteiger partial charge in [-0.25, -0.2) is 0 Å². The summed E-state index contributed by atoms with van der Waals surface area (Å²) in [6.45, 7) is 2.19. The SMILES string of the molecule is OCC[C@H]1C[C@H]1CCc1cncc(OC[C@@H]2CCN2)c1. The van der Waals surface area contributed by atoms with Crippen LogP contribution in [0.25, 0.3) is 0 Å². The summed E-state index contributed by atoms with van der Waals surface area (Å²) in [6, 6.07) is 2.64. The zero-order chi connectivity index (χ0) is 13.8. The molecule has 2 N–H and O–H groups in total. The van der Waals surface area contributed by atoms with Gasteiger partial charge in [-0.15, -0.1) is 0 Å². The minimum Gasteiger partial charge on any atom is -0.490 e. The Labute approximate surface area is 120 Å². The largest absolute Gasteiger partial charge is 0.490 e. The Kier molecular flexibility index (Phi) is 4.53. The number of hydrogen-bond acceptors (Lipinski definition) is 4. The molecular weight excluding hydrogens is 252 g/mol. The second-order valence-electron chi connectivity index (χ2n) is 6.09. The highest BCUT2D eigenvalue weighted by atomic mass is 16.5. The molecule has 20 heavy (non-hydrogen) atoms. The van der Waals surface area contributed by atoms with Gasteiger partial charge < -0.3 is 15.2 Å². The molecule has 1 aliphatic heterocycles. The standard InChI is InChI=1S/C16H24N2O2/c19-6-4-14-8-13(14)2-1-12-7-16(10-17-9-12)20-11-15-3-5-18-15/h7,9-10,13-15,18-19H,1-6,8,11H2/t13-,14+,15+/m1/s1. The van der Waals surface area contributed by atoms with Crippen molar-refractivity contribution in [2.45, 2.75) is 38.1 Å². The monoisotopic (exact) mass is 276 g/mol. The lowest BCUT2D eigenvalue weighted by atomic mass is 10.1. The van der Waals surface area contributed by atoms with Gasteiger partial charge in [-0.3, -0.25) is 4.98 Å². The first kappa shape index (κ1) is 13.8. The maximum atomic E-state index is 8.91. The van der Waals surface area contributed by atoms with Gasteiger partial charge in [0.25, 0.3) is 0 Å². The predicted octanol–water partition coefficient (Wildman–Crippen LogP) is 1.77. The Hall–Kier alpha value is -1.13. The van der Waals surface area contributed by atoms with Crippen molar-refractivity contribution in [3.05, 3.63) is 24.0 Å². The first-order valence-electron chi connectivity index (χ1n) is 7.76. The third-order valence-electron chi connectivity index (χ3n) is 4.52. The van der Waals surface area contributed by atoms with E-state index in [1.807, 2.05) is 6.20 Å². The van der Waals surface area contributed by atoms with E-state index in [1.54, 1.807) is 6.20 Å². The predicted molar refractivity (Wildman–Crippen MR) is 77.8 cm³/mol. The van der Waals surface area contributed by atoms with Crippen molar-refractivity contribution in [2.75, 3.05) is 19.8 Å². The third-order valence-corrected chi connectivity index (χ3v) is 4.52. The fourth-order valence-electron chi connectivity index (χ4n) is 2.90. The Balaban J connectivity index is 1.42. The Morgan fingerprint density at radius 1 is 1.30 bits per heavy atom. The summed E-state index contributed by atoms with van der Waals surface area (Å²) < 4.78 is 5.77. The number of hydrogen-bond donors (Lipinski definition) is 2. The van der Waals surface area contributed by atoms with Crippen LogP contribution in [0.5, 0.6) is 5.75 Å². The maximum absolute atomic E-state index is 8.91. The molecule has 1 saturated carbocycles. The molecule has 1 aliphatic carbocycles. The summed E-state index contributed by atoms with van der Waals surface area (Å²) >= 11 is 0. The molecule has 110 valence electrons. The lowest BCUT2D eigenvalue weighted by molar-refractivity contribution is 0.217. The van der Waals surface area contributed by atoms with Gasteiger partial charge in [-0.05, 0) is 62.1 Å². The number of aliphatic hydroxyl groups is 1. The molecule has 2 heterocycles. The van der Waals surface area contributed by atoms with Gasteiger partial charge in [-0.1, -0.05) is 0 Å². The molecular formula is C16H24N2O2. The topological polar surface area (TPSA) is 54.4 Å². The first-order chi connectivity index (χ1) is 9.85. The van der Waals surface area contributed by atoms with Crippen molar-refractivity contribution in [3.63, 3.8) is 0 Å². The minimum atomic E-state index is 0.335. The smallest absolute Gasteiger partial charge is 0.137 e. The molecule has 0 spiro atoms. The van der Waals surface area contributed by atoms with Crippen molar-refractivity contribution in [3.8, 4) is 5.75 Å². The Morgan fingerprint density at radius 2 is 2.15 bits per heavy atom. The molecule has 1 aromatic rings. The number of aliphatic hydroxyl groups excluding tert-OH is 1. The van der Waals surface area contributed by atoms with E-state index in [9.17, 15) is 0 Å². The lowest BCUT2D eigenvalue weighted by Gasteiger charge is -2.27. The highest BCUT2D eigenvalue weighted by Crippen LogP contribution is 2.44. The van der Waals surface area contributed by atoms with Crippen LogP contribution >= 0.6 is 0 Å². The fraction of sp³-hybridized carbons (Fsp3) is 0.688. The van der Waals surface area contributed by atoms with Crippen molar-refractivity contribution < 1.29 is 9.84 Å². The third kappa shape index (κ3) is 3.70. The van der Waals surface area contributed by atoms with E-state index in [0.29, 0.717) is 12.6 Å². The second-order valence-corrected chi connectivity index (χ2v) is 6.09.